The molecular weight excluding hydrogens is 163 g/mol. The molecule has 0 radical (unpaired) electrons. The zero-order chi connectivity index (χ0) is 2.00. The summed E-state index contributed by atoms with van der Waals surface area (Å²) in [5.41, 5.74) is 0. The van der Waals surface area contributed by atoms with Crippen LogP contribution in [0.15, 0.2) is 0 Å². The van der Waals surface area contributed by atoms with Gasteiger partial charge in [0.05, 0.1) is 0 Å². The molecule has 0 aromatic carbocycles. The van der Waals surface area contributed by atoms with Crippen molar-refractivity contribution in [1.82, 2.24) is 0 Å². The molecule has 3 nitrogen and oxygen atoms in total. The summed E-state index contributed by atoms with van der Waals surface area (Å²) in [7, 11) is 0. The molecule has 4 heteroatoms. The van der Waals surface area contributed by atoms with Crippen LogP contribution in [-0.2, 0) is 26.2 Å². The third-order valence-corrected chi connectivity index (χ3v) is 0. The maximum atomic E-state index is 3.25. The quantitative estimate of drug-likeness (QED) is 0.394. The van der Waals surface area contributed by atoms with Gasteiger partial charge in [-0.25, -0.2) is 0 Å². The SMILES string of the molecule is O.O.O.[CH2-]C.[Zr]. The normalized spacial score (nSPS) is 1.00. The average Bonchev–Trinajstić information content (AvgIpc) is 1.00. The van der Waals surface area contributed by atoms with Crippen LogP contribution in [0.3, 0.4) is 0 Å². The van der Waals surface area contributed by atoms with E-state index in [9.17, 15) is 0 Å². The fourth-order valence-electron chi connectivity index (χ4n) is 0. The fourth-order valence-corrected chi connectivity index (χ4v) is 0. The minimum atomic E-state index is 0. The van der Waals surface area contributed by atoms with Crippen LogP contribution in [0.1, 0.15) is 6.92 Å². The molecule has 42 valence electrons. The first-order valence-electron chi connectivity index (χ1n) is 0.707. The Morgan fingerprint density at radius 1 is 0.833 bits per heavy atom. The predicted molar refractivity (Wildman–Crippen MR) is 21.9 cm³/mol. The van der Waals surface area contributed by atoms with Crippen LogP contribution in [-0.4, -0.2) is 16.4 Å². The molecular formula is C2H11O3Zr-. The number of rotatable bonds is 0. The van der Waals surface area contributed by atoms with Gasteiger partial charge < -0.3 is 23.4 Å². The van der Waals surface area contributed by atoms with Crippen molar-refractivity contribution < 1.29 is 42.6 Å². The molecule has 0 fully saturated rings. The predicted octanol–water partition coefficient (Wildman–Crippen LogP) is -1.64. The standard InChI is InChI=1S/C2H5.3H2O.Zr/c1-2;;;;/h1H2,2H3;3*1H2;/q-1;;;;. The molecule has 0 spiro atoms. The second kappa shape index (κ2) is 225. The van der Waals surface area contributed by atoms with E-state index in [1.165, 1.54) is 0 Å². The molecule has 0 atom stereocenters. The van der Waals surface area contributed by atoms with Crippen molar-refractivity contribution in [3.63, 3.8) is 0 Å². The van der Waals surface area contributed by atoms with Crippen LogP contribution in [0.25, 0.3) is 0 Å². The molecule has 0 rings (SSSR count). The fraction of sp³-hybridized carbons (Fsp3) is 0.500. The van der Waals surface area contributed by atoms with Crippen LogP contribution in [0.5, 0.6) is 0 Å². The molecule has 0 aromatic heterocycles. The Morgan fingerprint density at radius 3 is 0.833 bits per heavy atom. The van der Waals surface area contributed by atoms with Crippen molar-refractivity contribution in [2.75, 3.05) is 0 Å². The van der Waals surface area contributed by atoms with E-state index in [1.807, 2.05) is 0 Å². The van der Waals surface area contributed by atoms with Crippen molar-refractivity contribution in [3.8, 4) is 0 Å². The average molecular weight is 174 g/mol. The second-order valence-electron chi connectivity index (χ2n) is 0. The van der Waals surface area contributed by atoms with Crippen LogP contribution >= 0.6 is 0 Å². The first kappa shape index (κ1) is 72.3. The van der Waals surface area contributed by atoms with Crippen LogP contribution in [0.4, 0.5) is 0 Å². The summed E-state index contributed by atoms with van der Waals surface area (Å²) >= 11 is 0. The summed E-state index contributed by atoms with van der Waals surface area (Å²) < 4.78 is 0. The summed E-state index contributed by atoms with van der Waals surface area (Å²) in [6.07, 6.45) is 0. The molecule has 0 aromatic rings. The first-order valence-corrected chi connectivity index (χ1v) is 0.707. The Labute approximate surface area is 56.8 Å². The number of hydrogen-bond donors (Lipinski definition) is 0. The van der Waals surface area contributed by atoms with Gasteiger partial charge in [-0.05, 0) is 0 Å². The monoisotopic (exact) mass is 173 g/mol. The minimum absolute atomic E-state index is 0. The summed E-state index contributed by atoms with van der Waals surface area (Å²) in [5, 5.41) is 0. The number of hydrogen-bond acceptors (Lipinski definition) is 0. The van der Waals surface area contributed by atoms with E-state index < -0.39 is 0 Å². The summed E-state index contributed by atoms with van der Waals surface area (Å²) in [6, 6.07) is 0. The van der Waals surface area contributed by atoms with E-state index in [1.54, 1.807) is 6.92 Å². The molecule has 0 unspecified atom stereocenters. The molecule has 0 saturated carbocycles. The molecule has 6 N–H and O–H groups in total. The van der Waals surface area contributed by atoms with E-state index in [2.05, 4.69) is 6.92 Å². The van der Waals surface area contributed by atoms with Gasteiger partial charge in [-0.2, -0.15) is 6.92 Å². The zero-order valence-electron chi connectivity index (χ0n) is 3.71. The minimum Gasteiger partial charge on any atom is -0.412 e. The van der Waals surface area contributed by atoms with Crippen molar-refractivity contribution in [3.05, 3.63) is 6.92 Å². The van der Waals surface area contributed by atoms with Gasteiger partial charge in [-0.1, -0.05) is 0 Å². The Balaban J connectivity index is -0.000000000833. The Bertz CT molecular complexity index is 8.75. The van der Waals surface area contributed by atoms with E-state index in [0.717, 1.165) is 0 Å². The van der Waals surface area contributed by atoms with Crippen LogP contribution in [0, 0.1) is 6.92 Å². The van der Waals surface area contributed by atoms with Gasteiger partial charge in [-0.3, -0.25) is 0 Å². The van der Waals surface area contributed by atoms with Gasteiger partial charge in [0.15, 0.2) is 0 Å². The van der Waals surface area contributed by atoms with Gasteiger partial charge in [0.1, 0.15) is 0 Å². The second-order valence-corrected chi connectivity index (χ2v) is 0. The maximum absolute atomic E-state index is 3.25. The molecule has 0 saturated heterocycles. The van der Waals surface area contributed by atoms with Gasteiger partial charge in [0.25, 0.3) is 0 Å². The van der Waals surface area contributed by atoms with Crippen LogP contribution < -0.4 is 0 Å². The van der Waals surface area contributed by atoms with Crippen LogP contribution in [0.2, 0.25) is 0 Å². The topological polar surface area (TPSA) is 94.5 Å². The van der Waals surface area contributed by atoms with E-state index >= 15 is 0 Å². The third kappa shape index (κ3) is 116. The Kier molecular flexibility index (Phi) is 2700. The van der Waals surface area contributed by atoms with Gasteiger partial charge in [0.2, 0.25) is 0 Å². The molecule has 0 bridgehead atoms. The molecule has 0 aliphatic rings. The van der Waals surface area contributed by atoms with Crippen molar-refractivity contribution in [1.29, 1.82) is 0 Å². The molecule has 6 heavy (non-hydrogen) atoms. The smallest absolute Gasteiger partial charge is 0 e. The molecule has 0 heterocycles. The van der Waals surface area contributed by atoms with Crippen molar-refractivity contribution in [2.24, 2.45) is 0 Å². The zero-order valence-corrected chi connectivity index (χ0v) is 6.17. The van der Waals surface area contributed by atoms with Crippen molar-refractivity contribution in [2.45, 2.75) is 6.92 Å². The third-order valence-electron chi connectivity index (χ3n) is 0. The Morgan fingerprint density at radius 2 is 0.833 bits per heavy atom. The maximum Gasteiger partial charge on any atom is 0 e. The molecule has 0 aliphatic carbocycles. The molecule has 0 amide bonds. The summed E-state index contributed by atoms with van der Waals surface area (Å²) in [4.78, 5) is 0. The van der Waals surface area contributed by atoms with E-state index in [-0.39, 0.29) is 42.6 Å². The van der Waals surface area contributed by atoms with Crippen molar-refractivity contribution >= 4 is 0 Å². The first-order chi connectivity index (χ1) is 1.00. The largest absolute Gasteiger partial charge is 0.412 e. The van der Waals surface area contributed by atoms with Gasteiger partial charge >= 0.3 is 0 Å². The summed E-state index contributed by atoms with van der Waals surface area (Å²) in [6.45, 7) is 5.00. The molecule has 0 aliphatic heterocycles. The summed E-state index contributed by atoms with van der Waals surface area (Å²) in [5.74, 6) is 0. The van der Waals surface area contributed by atoms with Gasteiger partial charge in [-0.15, -0.1) is 0 Å². The van der Waals surface area contributed by atoms with E-state index in [0.29, 0.717) is 0 Å². The van der Waals surface area contributed by atoms with Gasteiger partial charge in [0, 0.05) is 26.2 Å². The van der Waals surface area contributed by atoms with E-state index in [4.69, 9.17) is 0 Å². The Hall–Kier alpha value is 0.763.